The molecule has 0 radical (unpaired) electrons. The summed E-state index contributed by atoms with van der Waals surface area (Å²) in [5.74, 6) is -1.09. The van der Waals surface area contributed by atoms with Gasteiger partial charge in [0.2, 0.25) is 11.8 Å². The van der Waals surface area contributed by atoms with Crippen LogP contribution in [0.3, 0.4) is 0 Å². The van der Waals surface area contributed by atoms with Crippen molar-refractivity contribution >= 4 is 23.2 Å². The average molecular weight is 293 g/mol. The highest BCUT2D eigenvalue weighted by Crippen LogP contribution is 2.38. The van der Waals surface area contributed by atoms with Gasteiger partial charge >= 0.3 is 0 Å². The van der Waals surface area contributed by atoms with Crippen molar-refractivity contribution in [2.24, 2.45) is 11.1 Å². The van der Waals surface area contributed by atoms with E-state index in [1.54, 1.807) is 6.92 Å². The number of carbonyl (C=O) groups excluding carboxylic acids is 2. The Morgan fingerprint density at radius 2 is 2.10 bits per heavy atom. The predicted octanol–water partition coefficient (Wildman–Crippen LogP) is 2.24. The lowest BCUT2D eigenvalue weighted by molar-refractivity contribution is -0.125. The highest BCUT2D eigenvalue weighted by Gasteiger charge is 2.43. The van der Waals surface area contributed by atoms with Crippen molar-refractivity contribution < 1.29 is 14.0 Å². The Bertz CT molecular complexity index is 576. The van der Waals surface area contributed by atoms with E-state index in [1.807, 2.05) is 0 Å². The van der Waals surface area contributed by atoms with Crippen LogP contribution in [-0.2, 0) is 9.59 Å². The zero-order valence-corrected chi connectivity index (χ0v) is 12.2. The van der Waals surface area contributed by atoms with Crippen LogP contribution in [0.15, 0.2) is 18.2 Å². The number of hydrogen-bond acceptors (Lipinski definition) is 3. The standard InChI is InChI=1S/C15H20FN3O2/c1-9(20)18-10-5-6-11(16)12(8-10)19-14(21)15(2)7-3-4-13(15)17/h5-6,8,13H,3-4,7,17H2,1-2H3,(H,18,20)(H,19,21). The zero-order valence-electron chi connectivity index (χ0n) is 12.2. The molecule has 2 atom stereocenters. The van der Waals surface area contributed by atoms with E-state index < -0.39 is 11.2 Å². The maximum absolute atomic E-state index is 13.8. The smallest absolute Gasteiger partial charge is 0.231 e. The van der Waals surface area contributed by atoms with Gasteiger partial charge in [0.1, 0.15) is 5.82 Å². The molecule has 0 heterocycles. The third-order valence-corrected chi connectivity index (χ3v) is 4.08. The van der Waals surface area contributed by atoms with Crippen LogP contribution in [-0.4, -0.2) is 17.9 Å². The van der Waals surface area contributed by atoms with E-state index in [0.29, 0.717) is 12.1 Å². The number of benzene rings is 1. The Hall–Kier alpha value is -1.95. The highest BCUT2D eigenvalue weighted by molar-refractivity contribution is 5.97. The largest absolute Gasteiger partial charge is 0.327 e. The molecule has 6 heteroatoms. The third-order valence-electron chi connectivity index (χ3n) is 4.08. The number of nitrogens with two attached hydrogens (primary N) is 1. The Labute approximate surface area is 123 Å². The summed E-state index contributed by atoms with van der Waals surface area (Å²) in [4.78, 5) is 23.4. The average Bonchev–Trinajstić information content (AvgIpc) is 2.74. The molecule has 0 aromatic heterocycles. The molecule has 1 saturated carbocycles. The van der Waals surface area contributed by atoms with Crippen molar-refractivity contribution in [3.63, 3.8) is 0 Å². The second-order valence-corrected chi connectivity index (χ2v) is 5.75. The number of nitrogens with one attached hydrogen (secondary N) is 2. The van der Waals surface area contributed by atoms with Crippen molar-refractivity contribution in [1.29, 1.82) is 0 Å². The van der Waals surface area contributed by atoms with Crippen molar-refractivity contribution in [2.75, 3.05) is 10.6 Å². The molecular formula is C15H20FN3O2. The Morgan fingerprint density at radius 3 is 2.67 bits per heavy atom. The van der Waals surface area contributed by atoms with Crippen LogP contribution < -0.4 is 16.4 Å². The first kappa shape index (κ1) is 15.4. The molecule has 0 bridgehead atoms. The molecular weight excluding hydrogens is 273 g/mol. The number of halogens is 1. The first-order valence-corrected chi connectivity index (χ1v) is 6.97. The summed E-state index contributed by atoms with van der Waals surface area (Å²) in [6.07, 6.45) is 2.37. The molecule has 1 aromatic rings. The monoisotopic (exact) mass is 293 g/mol. The lowest BCUT2D eigenvalue weighted by Crippen LogP contribution is -2.44. The maximum Gasteiger partial charge on any atom is 0.231 e. The first-order valence-electron chi connectivity index (χ1n) is 6.97. The molecule has 0 saturated heterocycles. The van der Waals surface area contributed by atoms with E-state index >= 15 is 0 Å². The Balaban J connectivity index is 2.18. The van der Waals surface area contributed by atoms with Crippen molar-refractivity contribution in [1.82, 2.24) is 0 Å². The predicted molar refractivity (Wildman–Crippen MR) is 79.3 cm³/mol. The molecule has 4 N–H and O–H groups in total. The number of carbonyl (C=O) groups is 2. The van der Waals surface area contributed by atoms with Crippen LogP contribution in [0.2, 0.25) is 0 Å². The second-order valence-electron chi connectivity index (χ2n) is 5.75. The van der Waals surface area contributed by atoms with Crippen LogP contribution in [0.4, 0.5) is 15.8 Å². The lowest BCUT2D eigenvalue weighted by Gasteiger charge is -2.27. The summed E-state index contributed by atoms with van der Waals surface area (Å²) in [5, 5.41) is 5.14. The highest BCUT2D eigenvalue weighted by atomic mass is 19.1. The van der Waals surface area contributed by atoms with Crippen molar-refractivity contribution in [2.45, 2.75) is 39.2 Å². The minimum atomic E-state index is -0.684. The molecule has 1 aromatic carbocycles. The van der Waals surface area contributed by atoms with Gasteiger partial charge in [-0.25, -0.2) is 4.39 Å². The van der Waals surface area contributed by atoms with Crippen molar-refractivity contribution in [3.8, 4) is 0 Å². The van der Waals surface area contributed by atoms with Gasteiger partial charge in [-0.2, -0.15) is 0 Å². The SMILES string of the molecule is CC(=O)Nc1ccc(F)c(NC(=O)C2(C)CCCC2N)c1. The van der Waals surface area contributed by atoms with Gasteiger partial charge in [0.05, 0.1) is 11.1 Å². The molecule has 0 aliphatic heterocycles. The van der Waals surface area contributed by atoms with E-state index in [-0.39, 0.29) is 23.5 Å². The van der Waals surface area contributed by atoms with Crippen LogP contribution in [0.5, 0.6) is 0 Å². The molecule has 1 fully saturated rings. The normalized spacial score (nSPS) is 24.7. The van der Waals surface area contributed by atoms with E-state index in [4.69, 9.17) is 5.73 Å². The van der Waals surface area contributed by atoms with Crippen LogP contribution in [0.1, 0.15) is 33.1 Å². The summed E-state index contributed by atoms with van der Waals surface area (Å²) >= 11 is 0. The topological polar surface area (TPSA) is 84.2 Å². The molecule has 21 heavy (non-hydrogen) atoms. The van der Waals surface area contributed by atoms with Gasteiger partial charge < -0.3 is 16.4 Å². The fourth-order valence-corrected chi connectivity index (χ4v) is 2.64. The Morgan fingerprint density at radius 1 is 1.38 bits per heavy atom. The number of rotatable bonds is 3. The van der Waals surface area contributed by atoms with E-state index in [9.17, 15) is 14.0 Å². The molecule has 2 unspecified atom stereocenters. The number of anilines is 2. The number of hydrogen-bond donors (Lipinski definition) is 3. The summed E-state index contributed by atoms with van der Waals surface area (Å²) in [6, 6.07) is 3.82. The van der Waals surface area contributed by atoms with Gasteiger partial charge in [-0.1, -0.05) is 6.42 Å². The number of amides is 2. The fourth-order valence-electron chi connectivity index (χ4n) is 2.64. The first-order chi connectivity index (χ1) is 9.83. The van der Waals surface area contributed by atoms with Gasteiger partial charge in [-0.15, -0.1) is 0 Å². The lowest BCUT2D eigenvalue weighted by atomic mass is 9.84. The van der Waals surface area contributed by atoms with Gasteiger partial charge in [0, 0.05) is 18.7 Å². The summed E-state index contributed by atoms with van der Waals surface area (Å²) in [5.41, 5.74) is 5.78. The minimum absolute atomic E-state index is 0.0478. The maximum atomic E-state index is 13.8. The van der Waals surface area contributed by atoms with Gasteiger partial charge in [-0.3, -0.25) is 9.59 Å². The summed E-state index contributed by atoms with van der Waals surface area (Å²) in [6.45, 7) is 3.16. The van der Waals surface area contributed by atoms with Crippen LogP contribution in [0.25, 0.3) is 0 Å². The van der Waals surface area contributed by atoms with E-state index in [1.165, 1.54) is 25.1 Å². The fraction of sp³-hybridized carbons (Fsp3) is 0.467. The van der Waals surface area contributed by atoms with Gasteiger partial charge in [-0.05, 0) is 38.0 Å². The molecule has 0 spiro atoms. The molecule has 2 rings (SSSR count). The molecule has 2 amide bonds. The van der Waals surface area contributed by atoms with Crippen LogP contribution in [0, 0.1) is 11.2 Å². The minimum Gasteiger partial charge on any atom is -0.327 e. The molecule has 1 aliphatic carbocycles. The van der Waals surface area contributed by atoms with Gasteiger partial charge in [0.25, 0.3) is 0 Å². The van der Waals surface area contributed by atoms with E-state index in [2.05, 4.69) is 10.6 Å². The molecule has 114 valence electrons. The zero-order chi connectivity index (χ0) is 15.6. The van der Waals surface area contributed by atoms with Gasteiger partial charge in [0.15, 0.2) is 0 Å². The second kappa shape index (κ2) is 5.81. The molecule has 5 nitrogen and oxygen atoms in total. The summed E-state index contributed by atoms with van der Waals surface area (Å²) in [7, 11) is 0. The van der Waals surface area contributed by atoms with Crippen molar-refractivity contribution in [3.05, 3.63) is 24.0 Å². The quantitative estimate of drug-likeness (QED) is 0.799. The molecule has 1 aliphatic rings. The van der Waals surface area contributed by atoms with E-state index in [0.717, 1.165) is 12.8 Å². The third kappa shape index (κ3) is 3.21. The van der Waals surface area contributed by atoms with Crippen LogP contribution >= 0.6 is 0 Å². The Kier molecular flexibility index (Phi) is 4.27. The summed E-state index contributed by atoms with van der Waals surface area (Å²) < 4.78 is 13.8.